The Labute approximate surface area is 148 Å². The predicted molar refractivity (Wildman–Crippen MR) is 96.9 cm³/mol. The van der Waals surface area contributed by atoms with E-state index < -0.39 is 5.91 Å². The summed E-state index contributed by atoms with van der Waals surface area (Å²) >= 11 is 5.28. The monoisotopic (exact) mass is 351 g/mol. The summed E-state index contributed by atoms with van der Waals surface area (Å²) in [6.45, 7) is 4.40. The number of nitrogens with one attached hydrogen (secondary N) is 2. The number of nitrogens with zero attached hydrogens (tertiary/aromatic N) is 1. The molecule has 0 bridgehead atoms. The van der Waals surface area contributed by atoms with Gasteiger partial charge in [0.1, 0.15) is 0 Å². The summed E-state index contributed by atoms with van der Waals surface area (Å²) in [7, 11) is 1.72. The van der Waals surface area contributed by atoms with Gasteiger partial charge in [0.15, 0.2) is 0 Å². The third kappa shape index (κ3) is 5.90. The number of hydrogen-bond acceptors (Lipinski definition) is 4. The Kier molecular flexibility index (Phi) is 8.35. The van der Waals surface area contributed by atoms with Crippen molar-refractivity contribution in [2.75, 3.05) is 13.6 Å². The van der Waals surface area contributed by atoms with Crippen LogP contribution in [-0.4, -0.2) is 46.5 Å². The zero-order valence-electron chi connectivity index (χ0n) is 14.3. The summed E-state index contributed by atoms with van der Waals surface area (Å²) in [5.41, 5.74) is 2.67. The minimum absolute atomic E-state index is 0.0184. The van der Waals surface area contributed by atoms with E-state index in [4.69, 9.17) is 17.4 Å². The van der Waals surface area contributed by atoms with Gasteiger partial charge in [0.2, 0.25) is 11.8 Å². The molecule has 0 unspecified atom stereocenters. The summed E-state index contributed by atoms with van der Waals surface area (Å²) in [5.74, 6) is -0.626. The molecule has 0 aliphatic rings. The molecular formula is C17H25N3O3S. The zero-order valence-corrected chi connectivity index (χ0v) is 15.1. The molecule has 2 amide bonds. The summed E-state index contributed by atoms with van der Waals surface area (Å²) < 4.78 is 0. The number of carbonyl (C=O) groups is 2. The molecule has 1 aromatic rings. The van der Waals surface area contributed by atoms with Crippen LogP contribution in [0.4, 0.5) is 0 Å². The van der Waals surface area contributed by atoms with Crippen molar-refractivity contribution >= 4 is 29.0 Å². The van der Waals surface area contributed by atoms with E-state index in [0.717, 1.165) is 5.56 Å². The van der Waals surface area contributed by atoms with Gasteiger partial charge in [-0.25, -0.2) is 5.48 Å². The normalized spacial score (nSPS) is 12.8. The number of amides is 2. The Hall–Kier alpha value is -1.99. The lowest BCUT2D eigenvalue weighted by Gasteiger charge is -2.32. The van der Waals surface area contributed by atoms with E-state index in [9.17, 15) is 9.59 Å². The van der Waals surface area contributed by atoms with Crippen LogP contribution in [0.2, 0.25) is 0 Å². The number of thiocarbonyl (C=S) groups is 1. The van der Waals surface area contributed by atoms with Crippen molar-refractivity contribution < 1.29 is 14.8 Å². The molecule has 7 heteroatoms. The number of carbonyl (C=O) groups excluding carboxylic acids is 2. The maximum Gasteiger partial charge on any atom is 0.243 e. The van der Waals surface area contributed by atoms with Crippen LogP contribution in [-0.2, 0) is 9.59 Å². The lowest BCUT2D eigenvalue weighted by atomic mass is 9.99. The number of benzene rings is 1. The molecule has 0 aliphatic heterocycles. The SMILES string of the molecule is CNC(=S)[C@@H](C)N(C[C@H](C)c1ccccc1)C(=O)CCC(=O)NO. The molecule has 0 aliphatic carbocycles. The molecule has 0 radical (unpaired) electrons. The van der Waals surface area contributed by atoms with E-state index in [1.807, 2.05) is 44.2 Å². The maximum atomic E-state index is 12.6. The minimum atomic E-state index is -0.580. The summed E-state index contributed by atoms with van der Waals surface area (Å²) in [5, 5.41) is 11.5. The Morgan fingerprint density at radius 3 is 2.38 bits per heavy atom. The fourth-order valence-corrected chi connectivity index (χ4v) is 2.56. The van der Waals surface area contributed by atoms with Crippen molar-refractivity contribution in [2.24, 2.45) is 0 Å². The fraction of sp³-hybridized carbons (Fsp3) is 0.471. The van der Waals surface area contributed by atoms with Crippen LogP contribution in [0, 0.1) is 0 Å². The van der Waals surface area contributed by atoms with Gasteiger partial charge in [-0.05, 0) is 18.4 Å². The zero-order chi connectivity index (χ0) is 18.1. The second-order valence-electron chi connectivity index (χ2n) is 5.68. The number of hydrogen-bond donors (Lipinski definition) is 3. The van der Waals surface area contributed by atoms with Gasteiger partial charge in [0, 0.05) is 26.4 Å². The lowest BCUT2D eigenvalue weighted by molar-refractivity contribution is -0.136. The Morgan fingerprint density at radius 2 is 1.83 bits per heavy atom. The quantitative estimate of drug-likeness (QED) is 0.378. The molecule has 24 heavy (non-hydrogen) atoms. The first-order valence-corrected chi connectivity index (χ1v) is 8.30. The Balaban J connectivity index is 2.86. The predicted octanol–water partition coefficient (Wildman–Crippen LogP) is 1.84. The molecule has 1 rings (SSSR count). The summed E-state index contributed by atoms with van der Waals surface area (Å²) in [6.07, 6.45) is -0.0465. The number of hydroxylamine groups is 1. The summed E-state index contributed by atoms with van der Waals surface area (Å²) in [6, 6.07) is 9.64. The highest BCUT2D eigenvalue weighted by Gasteiger charge is 2.25. The molecule has 0 fully saturated rings. The second-order valence-corrected chi connectivity index (χ2v) is 6.12. The molecule has 1 aromatic carbocycles. The van der Waals surface area contributed by atoms with E-state index in [2.05, 4.69) is 5.32 Å². The van der Waals surface area contributed by atoms with Gasteiger partial charge in [-0.3, -0.25) is 14.8 Å². The molecule has 0 spiro atoms. The summed E-state index contributed by atoms with van der Waals surface area (Å²) in [4.78, 5) is 26.0. The topological polar surface area (TPSA) is 81.7 Å². The fourth-order valence-electron chi connectivity index (χ4n) is 2.43. The standard InChI is InChI=1S/C17H25N3O3S/c1-12(14-7-5-4-6-8-14)11-20(13(2)17(24)18-3)16(22)10-9-15(21)19-23/h4-8,12-13,23H,9-11H2,1-3H3,(H,18,24)(H,19,21)/t12-,13+/m0/s1. The molecule has 0 saturated carbocycles. The first-order chi connectivity index (χ1) is 11.4. The molecular weight excluding hydrogens is 326 g/mol. The first-order valence-electron chi connectivity index (χ1n) is 7.89. The molecule has 2 atom stereocenters. The van der Waals surface area contributed by atoms with Crippen LogP contribution in [0.1, 0.15) is 38.2 Å². The lowest BCUT2D eigenvalue weighted by Crippen LogP contribution is -2.48. The first kappa shape index (κ1) is 20.1. The van der Waals surface area contributed by atoms with Gasteiger partial charge in [-0.15, -0.1) is 0 Å². The molecule has 3 N–H and O–H groups in total. The van der Waals surface area contributed by atoms with E-state index in [1.165, 1.54) is 0 Å². The van der Waals surface area contributed by atoms with Gasteiger partial charge in [-0.1, -0.05) is 49.5 Å². The van der Waals surface area contributed by atoms with Gasteiger partial charge in [0.05, 0.1) is 11.0 Å². The van der Waals surface area contributed by atoms with Crippen LogP contribution in [0.25, 0.3) is 0 Å². The highest BCUT2D eigenvalue weighted by molar-refractivity contribution is 7.80. The van der Waals surface area contributed by atoms with Crippen LogP contribution in [0.15, 0.2) is 30.3 Å². The molecule has 0 aromatic heterocycles. The van der Waals surface area contributed by atoms with E-state index in [1.54, 1.807) is 17.4 Å². The Morgan fingerprint density at radius 1 is 1.21 bits per heavy atom. The van der Waals surface area contributed by atoms with E-state index in [-0.39, 0.29) is 30.7 Å². The molecule has 6 nitrogen and oxygen atoms in total. The van der Waals surface area contributed by atoms with E-state index >= 15 is 0 Å². The third-order valence-electron chi connectivity index (χ3n) is 3.94. The Bertz CT molecular complexity index is 565. The average molecular weight is 351 g/mol. The number of likely N-dealkylation sites (N-methyl/N-ethyl adjacent to an activating group) is 1. The minimum Gasteiger partial charge on any atom is -0.381 e. The molecule has 0 heterocycles. The van der Waals surface area contributed by atoms with Gasteiger partial charge in [-0.2, -0.15) is 0 Å². The number of rotatable bonds is 8. The van der Waals surface area contributed by atoms with Crippen molar-refractivity contribution in [3.8, 4) is 0 Å². The third-order valence-corrected chi connectivity index (χ3v) is 4.49. The maximum absolute atomic E-state index is 12.6. The van der Waals surface area contributed by atoms with Gasteiger partial charge >= 0.3 is 0 Å². The average Bonchev–Trinajstić information content (AvgIpc) is 2.62. The van der Waals surface area contributed by atoms with Crippen molar-refractivity contribution in [3.05, 3.63) is 35.9 Å². The van der Waals surface area contributed by atoms with Gasteiger partial charge < -0.3 is 10.2 Å². The highest BCUT2D eigenvalue weighted by Crippen LogP contribution is 2.18. The van der Waals surface area contributed by atoms with Crippen LogP contribution in [0.3, 0.4) is 0 Å². The van der Waals surface area contributed by atoms with Crippen molar-refractivity contribution in [2.45, 2.75) is 38.6 Å². The largest absolute Gasteiger partial charge is 0.381 e. The van der Waals surface area contributed by atoms with Crippen molar-refractivity contribution in [1.82, 2.24) is 15.7 Å². The molecule has 0 saturated heterocycles. The smallest absolute Gasteiger partial charge is 0.243 e. The van der Waals surface area contributed by atoms with Gasteiger partial charge in [0.25, 0.3) is 0 Å². The van der Waals surface area contributed by atoms with Crippen molar-refractivity contribution in [3.63, 3.8) is 0 Å². The molecule has 132 valence electrons. The van der Waals surface area contributed by atoms with Crippen LogP contribution >= 0.6 is 12.2 Å². The second kappa shape index (κ2) is 10.00. The van der Waals surface area contributed by atoms with E-state index in [0.29, 0.717) is 11.5 Å². The highest BCUT2D eigenvalue weighted by atomic mass is 32.1. The van der Waals surface area contributed by atoms with Crippen molar-refractivity contribution in [1.29, 1.82) is 0 Å². The van der Waals surface area contributed by atoms with Crippen LogP contribution < -0.4 is 10.8 Å². The van der Waals surface area contributed by atoms with Crippen LogP contribution in [0.5, 0.6) is 0 Å².